The van der Waals surface area contributed by atoms with Crippen molar-refractivity contribution in [2.45, 2.75) is 4.90 Å². The summed E-state index contributed by atoms with van der Waals surface area (Å²) in [4.78, 5) is 10.2. The third-order valence-corrected chi connectivity index (χ3v) is 3.48. The molecular formula is C10H13NO6S. The molecule has 1 aromatic rings. The number of nitrogens with one attached hydrogen (secondary N) is 1. The number of carbonyl (C=O) groups is 1. The summed E-state index contributed by atoms with van der Waals surface area (Å²) < 4.78 is 35.3. The Morgan fingerprint density at radius 2 is 1.89 bits per heavy atom. The molecule has 8 heteroatoms. The maximum Gasteiger partial charge on any atom is 0.318 e. The van der Waals surface area contributed by atoms with Crippen LogP contribution in [0.15, 0.2) is 23.1 Å². The van der Waals surface area contributed by atoms with Crippen molar-refractivity contribution < 1.29 is 27.8 Å². The summed E-state index contributed by atoms with van der Waals surface area (Å²) in [6.07, 6.45) is 0. The van der Waals surface area contributed by atoms with Crippen molar-refractivity contribution in [3.8, 4) is 11.5 Å². The smallest absolute Gasteiger partial charge is 0.318 e. The average molecular weight is 275 g/mol. The summed E-state index contributed by atoms with van der Waals surface area (Å²) >= 11 is 0. The number of carboxylic acids is 1. The van der Waals surface area contributed by atoms with E-state index in [0.717, 1.165) is 0 Å². The van der Waals surface area contributed by atoms with Gasteiger partial charge in [-0.2, -0.15) is 4.72 Å². The Hall–Kier alpha value is -1.80. The van der Waals surface area contributed by atoms with Crippen LogP contribution in [0.1, 0.15) is 0 Å². The Morgan fingerprint density at radius 3 is 2.39 bits per heavy atom. The average Bonchev–Trinajstić information content (AvgIpc) is 2.35. The van der Waals surface area contributed by atoms with Gasteiger partial charge in [-0.15, -0.1) is 0 Å². The van der Waals surface area contributed by atoms with Gasteiger partial charge >= 0.3 is 5.97 Å². The number of hydrogen-bond acceptors (Lipinski definition) is 5. The zero-order valence-corrected chi connectivity index (χ0v) is 10.7. The number of methoxy groups -OCH3 is 2. The monoisotopic (exact) mass is 275 g/mol. The van der Waals surface area contributed by atoms with Gasteiger partial charge in [-0.25, -0.2) is 8.42 Å². The second-order valence-electron chi connectivity index (χ2n) is 3.24. The molecule has 0 atom stereocenters. The van der Waals surface area contributed by atoms with Gasteiger partial charge in [0.05, 0.1) is 19.1 Å². The number of aliphatic carboxylic acids is 1. The zero-order chi connectivity index (χ0) is 13.8. The molecule has 7 nitrogen and oxygen atoms in total. The second kappa shape index (κ2) is 5.69. The molecule has 1 aromatic carbocycles. The van der Waals surface area contributed by atoms with E-state index in [2.05, 4.69) is 0 Å². The van der Waals surface area contributed by atoms with Gasteiger partial charge in [0.1, 0.15) is 6.54 Å². The highest BCUT2D eigenvalue weighted by Gasteiger charge is 2.17. The van der Waals surface area contributed by atoms with Gasteiger partial charge in [-0.3, -0.25) is 4.79 Å². The van der Waals surface area contributed by atoms with Gasteiger partial charge in [0, 0.05) is 6.07 Å². The van der Waals surface area contributed by atoms with Gasteiger partial charge in [0.15, 0.2) is 11.5 Å². The van der Waals surface area contributed by atoms with E-state index in [1.54, 1.807) is 0 Å². The number of ether oxygens (including phenoxy) is 2. The number of rotatable bonds is 6. The highest BCUT2D eigenvalue weighted by Crippen LogP contribution is 2.29. The number of benzene rings is 1. The van der Waals surface area contributed by atoms with E-state index in [-0.39, 0.29) is 10.6 Å². The molecule has 0 saturated heterocycles. The Kier molecular flexibility index (Phi) is 4.51. The summed E-state index contributed by atoms with van der Waals surface area (Å²) in [6, 6.07) is 3.97. The van der Waals surface area contributed by atoms with Crippen molar-refractivity contribution in [2.24, 2.45) is 0 Å². The molecule has 0 aliphatic rings. The molecular weight excluding hydrogens is 262 g/mol. The minimum absolute atomic E-state index is 0.0959. The topological polar surface area (TPSA) is 102 Å². The largest absolute Gasteiger partial charge is 0.493 e. The number of sulfonamides is 1. The maximum atomic E-state index is 11.7. The molecule has 0 heterocycles. The van der Waals surface area contributed by atoms with Crippen LogP contribution >= 0.6 is 0 Å². The van der Waals surface area contributed by atoms with Crippen LogP contribution in [0.2, 0.25) is 0 Å². The summed E-state index contributed by atoms with van der Waals surface area (Å²) in [5, 5.41) is 8.44. The zero-order valence-electron chi connectivity index (χ0n) is 9.84. The maximum absolute atomic E-state index is 11.7. The molecule has 0 aliphatic carbocycles. The van der Waals surface area contributed by atoms with E-state index in [1.165, 1.54) is 32.4 Å². The van der Waals surface area contributed by atoms with Crippen molar-refractivity contribution >= 4 is 16.0 Å². The van der Waals surface area contributed by atoms with Gasteiger partial charge in [-0.1, -0.05) is 0 Å². The van der Waals surface area contributed by atoms with Crippen LogP contribution in [0.25, 0.3) is 0 Å². The molecule has 0 unspecified atom stereocenters. The van der Waals surface area contributed by atoms with E-state index < -0.39 is 22.5 Å². The van der Waals surface area contributed by atoms with Crippen LogP contribution in [0, 0.1) is 0 Å². The second-order valence-corrected chi connectivity index (χ2v) is 5.00. The van der Waals surface area contributed by atoms with Crippen molar-refractivity contribution in [3.63, 3.8) is 0 Å². The fraction of sp³-hybridized carbons (Fsp3) is 0.300. The van der Waals surface area contributed by atoms with Crippen molar-refractivity contribution in [1.82, 2.24) is 4.72 Å². The summed E-state index contributed by atoms with van der Waals surface area (Å²) in [7, 11) is -1.08. The van der Waals surface area contributed by atoms with Gasteiger partial charge < -0.3 is 14.6 Å². The van der Waals surface area contributed by atoms with Crippen molar-refractivity contribution in [1.29, 1.82) is 0 Å². The standard InChI is InChI=1S/C10H13NO6S/c1-16-8-4-3-7(5-9(8)17-2)18(14,15)11-6-10(12)13/h3-5,11H,6H2,1-2H3,(H,12,13). The lowest BCUT2D eigenvalue weighted by molar-refractivity contribution is -0.135. The van der Waals surface area contributed by atoms with Gasteiger partial charge in [0.25, 0.3) is 0 Å². The predicted octanol–water partition coefficient (Wildman–Crippen LogP) is 0.0667. The lowest BCUT2D eigenvalue weighted by Crippen LogP contribution is -2.29. The van der Waals surface area contributed by atoms with Gasteiger partial charge in [-0.05, 0) is 12.1 Å². The highest BCUT2D eigenvalue weighted by molar-refractivity contribution is 7.89. The minimum atomic E-state index is -3.88. The van der Waals surface area contributed by atoms with E-state index >= 15 is 0 Å². The van der Waals surface area contributed by atoms with Crippen LogP contribution in [0.5, 0.6) is 11.5 Å². The summed E-state index contributed by atoms with van der Waals surface area (Å²) in [5.74, 6) is -0.635. The van der Waals surface area contributed by atoms with Crippen LogP contribution < -0.4 is 14.2 Å². The van der Waals surface area contributed by atoms with E-state index in [1.807, 2.05) is 4.72 Å². The molecule has 0 saturated carbocycles. The first-order valence-electron chi connectivity index (χ1n) is 4.84. The molecule has 18 heavy (non-hydrogen) atoms. The molecule has 2 N–H and O–H groups in total. The van der Waals surface area contributed by atoms with Crippen molar-refractivity contribution in [3.05, 3.63) is 18.2 Å². The quantitative estimate of drug-likeness (QED) is 0.761. The molecule has 0 spiro atoms. The SMILES string of the molecule is COc1ccc(S(=O)(=O)NCC(=O)O)cc1OC. The van der Waals surface area contributed by atoms with Gasteiger partial charge in [0.2, 0.25) is 10.0 Å². The first kappa shape index (κ1) is 14.3. The molecule has 0 amide bonds. The van der Waals surface area contributed by atoms with Crippen molar-refractivity contribution in [2.75, 3.05) is 20.8 Å². The van der Waals surface area contributed by atoms with Crippen LogP contribution in [-0.4, -0.2) is 40.3 Å². The Balaban J connectivity index is 3.06. The Labute approximate surface area is 104 Å². The van der Waals surface area contributed by atoms with Crippen LogP contribution in [0.4, 0.5) is 0 Å². The molecule has 0 radical (unpaired) electrons. The highest BCUT2D eigenvalue weighted by atomic mass is 32.2. The fourth-order valence-corrected chi connectivity index (χ4v) is 2.21. The Morgan fingerprint density at radius 1 is 1.28 bits per heavy atom. The fourth-order valence-electron chi connectivity index (χ4n) is 1.22. The first-order valence-corrected chi connectivity index (χ1v) is 6.32. The molecule has 100 valence electrons. The minimum Gasteiger partial charge on any atom is -0.493 e. The Bertz CT molecular complexity index is 539. The normalized spacial score (nSPS) is 11.0. The molecule has 0 bridgehead atoms. The molecule has 0 aliphatic heterocycles. The first-order chi connectivity index (χ1) is 8.40. The molecule has 0 fully saturated rings. The summed E-state index contributed by atoms with van der Waals surface area (Å²) in [5.41, 5.74) is 0. The molecule has 0 aromatic heterocycles. The third-order valence-electron chi connectivity index (χ3n) is 2.08. The van der Waals surface area contributed by atoms with Crippen LogP contribution in [-0.2, 0) is 14.8 Å². The van der Waals surface area contributed by atoms with E-state index in [9.17, 15) is 13.2 Å². The molecule has 1 rings (SSSR count). The number of carboxylic acid groups (broad SMARTS) is 1. The lowest BCUT2D eigenvalue weighted by Gasteiger charge is -2.10. The number of hydrogen-bond donors (Lipinski definition) is 2. The van der Waals surface area contributed by atoms with Crippen LogP contribution in [0.3, 0.4) is 0 Å². The summed E-state index contributed by atoms with van der Waals surface area (Å²) in [6.45, 7) is -0.684. The predicted molar refractivity (Wildman–Crippen MR) is 62.4 cm³/mol. The third kappa shape index (κ3) is 3.34. The lowest BCUT2D eigenvalue weighted by atomic mass is 10.3. The van der Waals surface area contributed by atoms with E-state index in [0.29, 0.717) is 5.75 Å². The van der Waals surface area contributed by atoms with E-state index in [4.69, 9.17) is 14.6 Å².